The average Bonchev–Trinajstić information content (AvgIpc) is 2.77. The molecule has 0 aromatic rings. The summed E-state index contributed by atoms with van der Waals surface area (Å²) in [5, 5.41) is 0. The van der Waals surface area contributed by atoms with Crippen LogP contribution in [0.4, 0.5) is 0 Å². The highest BCUT2D eigenvalue weighted by molar-refractivity contribution is 6.77. The second-order valence-corrected chi connectivity index (χ2v) is 13.5. The first-order chi connectivity index (χ1) is 10.6. The van der Waals surface area contributed by atoms with Gasteiger partial charge in [0.2, 0.25) is 0 Å². The molecule has 0 amide bonds. The highest BCUT2D eigenvalue weighted by Gasteiger charge is 2.46. The van der Waals surface area contributed by atoms with E-state index in [1.54, 1.807) is 0 Å². The second kappa shape index (κ2) is 8.16. The molecule has 0 aromatic carbocycles. The third-order valence-electron chi connectivity index (χ3n) is 5.03. The molecule has 0 saturated carbocycles. The minimum atomic E-state index is -1.87. The normalized spacial score (nSPS) is 22.5. The molecule has 4 heteroatoms. The van der Waals surface area contributed by atoms with Crippen LogP contribution in [0, 0.1) is 17.8 Å². The van der Waals surface area contributed by atoms with Crippen LogP contribution in [-0.4, -0.2) is 33.4 Å². The molecular formula is C19H36O3Si. The molecular weight excluding hydrogens is 304 g/mol. The first kappa shape index (κ1) is 20.7. The van der Waals surface area contributed by atoms with Crippen LogP contribution in [0.3, 0.4) is 0 Å². The summed E-state index contributed by atoms with van der Waals surface area (Å²) in [7, 11) is -1.87. The molecule has 0 radical (unpaired) electrons. The molecule has 0 aliphatic carbocycles. The smallest absolute Gasteiger partial charge is 0.200 e. The molecule has 3 nitrogen and oxygen atoms in total. The molecule has 134 valence electrons. The summed E-state index contributed by atoms with van der Waals surface area (Å²) in [5.41, 5.74) is 1.74. The summed E-state index contributed by atoms with van der Waals surface area (Å²) in [6, 6.07) is 0. The highest BCUT2D eigenvalue weighted by Crippen LogP contribution is 2.42. The van der Waals surface area contributed by atoms with Crippen LogP contribution in [-0.2, 0) is 13.9 Å². The van der Waals surface area contributed by atoms with Gasteiger partial charge in [-0.15, -0.1) is 5.92 Å². The molecule has 0 N–H and O–H groups in total. The maximum atomic E-state index is 6.71. The van der Waals surface area contributed by atoms with Gasteiger partial charge in [-0.05, 0) is 37.4 Å². The van der Waals surface area contributed by atoms with Crippen LogP contribution >= 0.6 is 0 Å². The quantitative estimate of drug-likeness (QED) is 0.484. The van der Waals surface area contributed by atoms with E-state index in [0.29, 0.717) is 29.8 Å². The van der Waals surface area contributed by atoms with E-state index in [1.165, 1.54) is 0 Å². The molecule has 1 rings (SSSR count). The van der Waals surface area contributed by atoms with E-state index >= 15 is 0 Å². The summed E-state index contributed by atoms with van der Waals surface area (Å²) in [5.74, 6) is 5.90. The molecule has 1 saturated heterocycles. The van der Waals surface area contributed by atoms with Gasteiger partial charge in [-0.1, -0.05) is 47.5 Å². The summed E-state index contributed by atoms with van der Waals surface area (Å²) in [6.07, 6.45) is -0.00404. The lowest BCUT2D eigenvalue weighted by molar-refractivity contribution is -0.143. The second-order valence-electron chi connectivity index (χ2n) is 8.00. The maximum Gasteiger partial charge on any atom is 0.200 e. The van der Waals surface area contributed by atoms with E-state index in [1.807, 2.05) is 20.8 Å². The van der Waals surface area contributed by atoms with Gasteiger partial charge in [0.1, 0.15) is 6.10 Å². The van der Waals surface area contributed by atoms with Gasteiger partial charge in [0, 0.05) is 0 Å². The van der Waals surface area contributed by atoms with Crippen LogP contribution in [0.5, 0.6) is 0 Å². The fraction of sp³-hybridized carbons (Fsp3) is 0.895. The minimum Gasteiger partial charge on any atom is -0.415 e. The summed E-state index contributed by atoms with van der Waals surface area (Å²) >= 11 is 0. The Balaban J connectivity index is 2.89. The van der Waals surface area contributed by atoms with Crippen molar-refractivity contribution in [1.29, 1.82) is 0 Å². The highest BCUT2D eigenvalue weighted by atomic mass is 28.4. The molecule has 0 spiro atoms. The van der Waals surface area contributed by atoms with Crippen molar-refractivity contribution in [2.24, 2.45) is 5.92 Å². The number of ether oxygens (including phenoxy) is 2. The van der Waals surface area contributed by atoms with E-state index in [2.05, 4.69) is 53.4 Å². The zero-order valence-corrected chi connectivity index (χ0v) is 17.5. The SMILES string of the molecule is CC#C[C@H](CO[Si](C(C)C)(C(C)C)C(C)C)[C@@H]1COC(C)(C)O1. The Kier molecular flexibility index (Phi) is 7.34. The van der Waals surface area contributed by atoms with Crippen molar-refractivity contribution < 1.29 is 13.9 Å². The monoisotopic (exact) mass is 340 g/mol. The van der Waals surface area contributed by atoms with Crippen molar-refractivity contribution >= 4 is 8.32 Å². The Hall–Kier alpha value is -0.343. The van der Waals surface area contributed by atoms with E-state index in [4.69, 9.17) is 13.9 Å². The van der Waals surface area contributed by atoms with Crippen LogP contribution < -0.4 is 0 Å². The first-order valence-corrected chi connectivity index (χ1v) is 11.1. The van der Waals surface area contributed by atoms with Crippen molar-refractivity contribution in [2.75, 3.05) is 13.2 Å². The van der Waals surface area contributed by atoms with Crippen LogP contribution in [0.1, 0.15) is 62.3 Å². The average molecular weight is 341 g/mol. The van der Waals surface area contributed by atoms with Crippen molar-refractivity contribution in [2.45, 2.75) is 90.8 Å². The van der Waals surface area contributed by atoms with E-state index in [-0.39, 0.29) is 12.0 Å². The first-order valence-electron chi connectivity index (χ1n) is 8.94. The summed E-state index contributed by atoms with van der Waals surface area (Å²) < 4.78 is 18.5. The fourth-order valence-corrected chi connectivity index (χ4v) is 9.54. The molecule has 23 heavy (non-hydrogen) atoms. The van der Waals surface area contributed by atoms with Gasteiger partial charge in [-0.25, -0.2) is 0 Å². The number of rotatable bonds is 7. The molecule has 1 fully saturated rings. The lowest BCUT2D eigenvalue weighted by Gasteiger charge is -2.43. The number of hydrogen-bond acceptors (Lipinski definition) is 3. The fourth-order valence-electron chi connectivity index (χ4n) is 4.08. The molecule has 2 atom stereocenters. The summed E-state index contributed by atoms with van der Waals surface area (Å²) in [6.45, 7) is 20.9. The Morgan fingerprint density at radius 2 is 1.61 bits per heavy atom. The molecule has 0 bridgehead atoms. The van der Waals surface area contributed by atoms with Gasteiger partial charge >= 0.3 is 0 Å². The minimum absolute atomic E-state index is 0.00404. The Bertz CT molecular complexity index is 410. The van der Waals surface area contributed by atoms with Crippen molar-refractivity contribution in [1.82, 2.24) is 0 Å². The van der Waals surface area contributed by atoms with Crippen LogP contribution in [0.25, 0.3) is 0 Å². The Morgan fingerprint density at radius 3 is 1.96 bits per heavy atom. The molecule has 0 unspecified atom stereocenters. The van der Waals surface area contributed by atoms with Gasteiger partial charge in [0.15, 0.2) is 14.1 Å². The molecule has 1 aliphatic heterocycles. The van der Waals surface area contributed by atoms with E-state index in [9.17, 15) is 0 Å². The molecule has 1 aliphatic rings. The molecule has 1 heterocycles. The Morgan fingerprint density at radius 1 is 1.09 bits per heavy atom. The van der Waals surface area contributed by atoms with Crippen molar-refractivity contribution in [3.63, 3.8) is 0 Å². The zero-order chi connectivity index (χ0) is 17.8. The topological polar surface area (TPSA) is 27.7 Å². The van der Waals surface area contributed by atoms with Gasteiger partial charge in [0.25, 0.3) is 0 Å². The predicted octanol–water partition coefficient (Wildman–Crippen LogP) is 4.97. The predicted molar refractivity (Wildman–Crippen MR) is 98.8 cm³/mol. The third-order valence-corrected chi connectivity index (χ3v) is 11.1. The third kappa shape index (κ3) is 4.82. The van der Waals surface area contributed by atoms with Gasteiger partial charge in [-0.3, -0.25) is 0 Å². The lowest BCUT2D eigenvalue weighted by atomic mass is 10.1. The standard InChI is InChI=1S/C19H36O3Si/c1-10-11-17(18-13-20-19(8,9)22-18)12-21-23(14(2)3,15(4)5)16(6)7/h14-18H,12-13H2,1-9H3/t17-,18+/m1/s1. The zero-order valence-electron chi connectivity index (χ0n) is 16.5. The maximum absolute atomic E-state index is 6.71. The van der Waals surface area contributed by atoms with Crippen LogP contribution in [0.2, 0.25) is 16.6 Å². The Labute approximate surface area is 144 Å². The van der Waals surface area contributed by atoms with Gasteiger partial charge in [-0.2, -0.15) is 0 Å². The van der Waals surface area contributed by atoms with E-state index in [0.717, 1.165) is 0 Å². The van der Waals surface area contributed by atoms with Crippen LogP contribution in [0.15, 0.2) is 0 Å². The lowest BCUT2D eigenvalue weighted by Crippen LogP contribution is -2.49. The van der Waals surface area contributed by atoms with Crippen molar-refractivity contribution in [3.8, 4) is 11.8 Å². The summed E-state index contributed by atoms with van der Waals surface area (Å²) in [4.78, 5) is 0. The van der Waals surface area contributed by atoms with Gasteiger partial charge < -0.3 is 13.9 Å². The van der Waals surface area contributed by atoms with E-state index < -0.39 is 14.1 Å². The molecule has 0 aromatic heterocycles. The van der Waals surface area contributed by atoms with Crippen molar-refractivity contribution in [3.05, 3.63) is 0 Å². The van der Waals surface area contributed by atoms with Gasteiger partial charge in [0.05, 0.1) is 19.1 Å². The largest absolute Gasteiger partial charge is 0.415 e. The number of hydrogen-bond donors (Lipinski definition) is 0.